The molecular weight excluding hydrogens is 393 g/mol. The Hall–Kier alpha value is -1.68. The van der Waals surface area contributed by atoms with E-state index in [0.29, 0.717) is 5.39 Å². The molecule has 0 unspecified atom stereocenters. The first-order chi connectivity index (χ1) is 12.1. The number of amides is 1. The molecule has 3 heterocycles. The summed E-state index contributed by atoms with van der Waals surface area (Å²) in [7, 11) is 0. The predicted octanol–water partition coefficient (Wildman–Crippen LogP) is 2.62. The molecule has 2 aromatic heterocycles. The monoisotopic (exact) mass is 408 g/mol. The standard InChI is InChI=1S/C14H14BrF3N4O2/c15-12-9-7-19-10(13(23)21-2-1-4-24-5-3-21)6-11(9)22(20-12)8-14(16,17)18/h6-7H,1-5,8H2/i1D2. The number of ether oxygens (including phenoxy) is 1. The molecule has 10 heteroatoms. The molecule has 0 bridgehead atoms. The molecule has 1 aliphatic rings. The zero-order valence-electron chi connectivity index (χ0n) is 14.3. The summed E-state index contributed by atoms with van der Waals surface area (Å²) < 4.78 is 59.9. The molecule has 2 aromatic rings. The van der Waals surface area contributed by atoms with Gasteiger partial charge in [0, 0.05) is 28.6 Å². The number of carbonyl (C=O) groups excluding carboxylic acids is 1. The molecular formula is C14H14BrF3N4O2. The maximum absolute atomic E-state index is 12.7. The van der Waals surface area contributed by atoms with Crippen LogP contribution in [0.15, 0.2) is 16.9 Å². The molecule has 6 nitrogen and oxygen atoms in total. The largest absolute Gasteiger partial charge is 0.408 e. The van der Waals surface area contributed by atoms with Crippen LogP contribution in [-0.4, -0.2) is 58.1 Å². The van der Waals surface area contributed by atoms with E-state index in [1.165, 1.54) is 17.2 Å². The van der Waals surface area contributed by atoms with Crippen molar-refractivity contribution in [2.24, 2.45) is 0 Å². The Balaban J connectivity index is 1.95. The third-order valence-corrected chi connectivity index (χ3v) is 4.02. The minimum atomic E-state index is -4.47. The lowest BCUT2D eigenvalue weighted by atomic mass is 10.2. The molecule has 0 aliphatic carbocycles. The highest BCUT2D eigenvalue weighted by Gasteiger charge is 2.30. The first-order valence-corrected chi connectivity index (χ1v) is 7.81. The second kappa shape index (κ2) is 6.67. The summed E-state index contributed by atoms with van der Waals surface area (Å²) in [5.74, 6) is -0.572. The molecule has 1 fully saturated rings. The summed E-state index contributed by atoms with van der Waals surface area (Å²) in [4.78, 5) is 17.9. The van der Waals surface area contributed by atoms with Crippen LogP contribution in [0.5, 0.6) is 0 Å². The second-order valence-corrected chi connectivity index (χ2v) is 5.93. The molecule has 130 valence electrons. The normalized spacial score (nSPS) is 19.8. The van der Waals surface area contributed by atoms with Crippen LogP contribution >= 0.6 is 15.9 Å². The average Bonchev–Trinajstić information content (AvgIpc) is 2.71. The Morgan fingerprint density at radius 2 is 2.21 bits per heavy atom. The number of hydrogen-bond acceptors (Lipinski definition) is 4. The van der Waals surface area contributed by atoms with E-state index < -0.39 is 25.0 Å². The van der Waals surface area contributed by atoms with E-state index in [1.54, 1.807) is 0 Å². The van der Waals surface area contributed by atoms with E-state index in [-0.39, 0.29) is 42.1 Å². The summed E-state index contributed by atoms with van der Waals surface area (Å²) in [5, 5.41) is 4.14. The number of fused-ring (bicyclic) bond motifs is 1. The highest BCUT2D eigenvalue weighted by Crippen LogP contribution is 2.27. The van der Waals surface area contributed by atoms with Gasteiger partial charge in [0.2, 0.25) is 0 Å². The number of hydrogen-bond donors (Lipinski definition) is 0. The van der Waals surface area contributed by atoms with Gasteiger partial charge in [0.25, 0.3) is 5.91 Å². The first kappa shape index (κ1) is 14.6. The number of halogens is 4. The van der Waals surface area contributed by atoms with Gasteiger partial charge in [-0.1, -0.05) is 0 Å². The van der Waals surface area contributed by atoms with Gasteiger partial charge in [0.05, 0.1) is 17.5 Å². The van der Waals surface area contributed by atoms with E-state index in [4.69, 9.17) is 7.48 Å². The fourth-order valence-corrected chi connectivity index (χ4v) is 2.85. The Morgan fingerprint density at radius 1 is 1.42 bits per heavy atom. The molecule has 1 saturated heterocycles. The molecule has 0 spiro atoms. The number of nitrogens with zero attached hydrogens (tertiary/aromatic N) is 4. The van der Waals surface area contributed by atoms with Crippen LogP contribution in [0.4, 0.5) is 13.2 Å². The van der Waals surface area contributed by atoms with Crippen LogP contribution < -0.4 is 0 Å². The minimum absolute atomic E-state index is 0.0778. The summed E-state index contributed by atoms with van der Waals surface area (Å²) in [6.07, 6.45) is -4.91. The topological polar surface area (TPSA) is 60.2 Å². The summed E-state index contributed by atoms with van der Waals surface area (Å²) in [6, 6.07) is 1.24. The van der Waals surface area contributed by atoms with Gasteiger partial charge in [-0.25, -0.2) is 0 Å². The van der Waals surface area contributed by atoms with Gasteiger partial charge in [0.1, 0.15) is 16.8 Å². The van der Waals surface area contributed by atoms with Crippen molar-refractivity contribution in [2.45, 2.75) is 19.1 Å². The average molecular weight is 409 g/mol. The van der Waals surface area contributed by atoms with Crippen LogP contribution in [0.1, 0.15) is 19.6 Å². The zero-order valence-corrected chi connectivity index (χ0v) is 13.9. The van der Waals surface area contributed by atoms with E-state index in [1.807, 2.05) is 0 Å². The summed E-state index contributed by atoms with van der Waals surface area (Å²) in [5.41, 5.74) is 0.0349. The van der Waals surface area contributed by atoms with Crippen molar-refractivity contribution in [3.05, 3.63) is 22.6 Å². The van der Waals surface area contributed by atoms with Gasteiger partial charge in [-0.3, -0.25) is 14.5 Å². The Bertz CT molecular complexity index is 843. The van der Waals surface area contributed by atoms with E-state index in [0.717, 1.165) is 4.68 Å². The van der Waals surface area contributed by atoms with E-state index >= 15 is 0 Å². The number of carbonyl (C=O) groups is 1. The van der Waals surface area contributed by atoms with Crippen molar-refractivity contribution >= 4 is 32.7 Å². The maximum Gasteiger partial charge on any atom is 0.408 e. The highest BCUT2D eigenvalue weighted by atomic mass is 79.9. The summed E-state index contributed by atoms with van der Waals surface area (Å²) in [6.45, 7) is -1.27. The van der Waals surface area contributed by atoms with Crippen LogP contribution in [0.25, 0.3) is 10.9 Å². The summed E-state index contributed by atoms with van der Waals surface area (Å²) >= 11 is 3.09. The quantitative estimate of drug-likeness (QED) is 0.766. The predicted molar refractivity (Wildman–Crippen MR) is 82.6 cm³/mol. The van der Waals surface area contributed by atoms with Crippen molar-refractivity contribution in [1.29, 1.82) is 0 Å². The number of aromatic nitrogens is 3. The Kier molecular flexibility index (Phi) is 4.07. The van der Waals surface area contributed by atoms with Crippen LogP contribution in [0, 0.1) is 0 Å². The van der Waals surface area contributed by atoms with Gasteiger partial charge in [-0.2, -0.15) is 18.3 Å². The van der Waals surface area contributed by atoms with Crippen molar-refractivity contribution in [3.8, 4) is 0 Å². The van der Waals surface area contributed by atoms with Crippen molar-refractivity contribution < 1.29 is 25.4 Å². The Labute approximate surface area is 146 Å². The SMILES string of the molecule is [2H]C1([2H])COCCN(C(=O)c2cc3c(cn2)c(Br)nn3CC(F)(F)F)C1. The van der Waals surface area contributed by atoms with Crippen molar-refractivity contribution in [2.75, 3.05) is 26.3 Å². The van der Waals surface area contributed by atoms with E-state index in [9.17, 15) is 18.0 Å². The van der Waals surface area contributed by atoms with Gasteiger partial charge in [0.15, 0.2) is 0 Å². The molecule has 1 amide bonds. The molecule has 0 atom stereocenters. The smallest absolute Gasteiger partial charge is 0.380 e. The number of pyridine rings is 1. The zero-order chi connectivity index (χ0) is 19.1. The van der Waals surface area contributed by atoms with Crippen LogP contribution in [0.2, 0.25) is 0 Å². The lowest BCUT2D eigenvalue weighted by Gasteiger charge is -2.19. The van der Waals surface area contributed by atoms with Gasteiger partial charge < -0.3 is 9.64 Å². The van der Waals surface area contributed by atoms with Crippen molar-refractivity contribution in [1.82, 2.24) is 19.7 Å². The van der Waals surface area contributed by atoms with Gasteiger partial charge in [-0.05, 0) is 28.4 Å². The molecule has 0 radical (unpaired) electrons. The van der Waals surface area contributed by atoms with Gasteiger partial charge >= 0.3 is 6.18 Å². The van der Waals surface area contributed by atoms with Gasteiger partial charge in [-0.15, -0.1) is 0 Å². The molecule has 0 N–H and O–H groups in total. The highest BCUT2D eigenvalue weighted by molar-refractivity contribution is 9.10. The minimum Gasteiger partial charge on any atom is -0.380 e. The molecule has 1 aliphatic heterocycles. The van der Waals surface area contributed by atoms with Crippen molar-refractivity contribution in [3.63, 3.8) is 0 Å². The molecule has 0 saturated carbocycles. The fourth-order valence-electron chi connectivity index (χ4n) is 2.35. The molecule has 3 rings (SSSR count). The fraction of sp³-hybridized carbons (Fsp3) is 0.500. The van der Waals surface area contributed by atoms with Crippen LogP contribution in [0.3, 0.4) is 0 Å². The third kappa shape index (κ3) is 3.69. The first-order valence-electron chi connectivity index (χ1n) is 8.02. The molecule has 0 aromatic carbocycles. The number of alkyl halides is 3. The lowest BCUT2D eigenvalue weighted by Crippen LogP contribution is -2.33. The lowest BCUT2D eigenvalue weighted by molar-refractivity contribution is -0.141. The van der Waals surface area contributed by atoms with Crippen LogP contribution in [-0.2, 0) is 11.3 Å². The second-order valence-electron chi connectivity index (χ2n) is 5.18. The molecule has 24 heavy (non-hydrogen) atoms. The van der Waals surface area contributed by atoms with E-state index in [2.05, 4.69) is 26.0 Å². The number of rotatable bonds is 2. The third-order valence-electron chi connectivity index (χ3n) is 3.44. The maximum atomic E-state index is 12.7. The Morgan fingerprint density at radius 3 is 2.96 bits per heavy atom.